The summed E-state index contributed by atoms with van der Waals surface area (Å²) in [5, 5.41) is 0. The molecule has 0 rings (SSSR count). The molecule has 7 heavy (non-hydrogen) atoms. The van der Waals surface area contributed by atoms with E-state index in [1.807, 2.05) is 0 Å². The summed E-state index contributed by atoms with van der Waals surface area (Å²) in [5.74, 6) is 0. The third kappa shape index (κ3) is 551. The summed E-state index contributed by atoms with van der Waals surface area (Å²) < 4.78 is 42.8. The Hall–Kier alpha value is 0.487. The SMILES string of the molecule is [O]=[Mo](=[O])=[O].[O]=[Sn]=[O]. The van der Waals surface area contributed by atoms with Gasteiger partial charge in [-0.25, -0.2) is 0 Å². The van der Waals surface area contributed by atoms with Crippen LogP contribution in [0.5, 0.6) is 0 Å². The molecule has 0 aliphatic carbocycles. The van der Waals surface area contributed by atoms with E-state index in [2.05, 4.69) is 0 Å². The van der Waals surface area contributed by atoms with Gasteiger partial charge in [0.25, 0.3) is 0 Å². The van der Waals surface area contributed by atoms with E-state index in [0.717, 1.165) is 0 Å². The van der Waals surface area contributed by atoms with E-state index >= 15 is 0 Å². The molecule has 0 saturated heterocycles. The molecule has 0 N–H and O–H groups in total. The molecule has 0 aromatic rings. The Morgan fingerprint density at radius 3 is 1.00 bits per heavy atom. The van der Waals surface area contributed by atoms with Crippen molar-refractivity contribution in [2.24, 2.45) is 0 Å². The van der Waals surface area contributed by atoms with Gasteiger partial charge in [0.1, 0.15) is 0 Å². The molecule has 0 atom stereocenters. The Labute approximate surface area is 54.5 Å². The first-order valence-electron chi connectivity index (χ1n) is 0.908. The molecule has 0 aliphatic heterocycles. The first kappa shape index (κ1) is 10.5. The van der Waals surface area contributed by atoms with Crippen molar-refractivity contribution in [2.45, 2.75) is 0 Å². The van der Waals surface area contributed by atoms with Crippen molar-refractivity contribution in [2.75, 3.05) is 0 Å². The summed E-state index contributed by atoms with van der Waals surface area (Å²) in [7, 11) is 0. The predicted molar refractivity (Wildman–Crippen MR) is 9.19 cm³/mol. The quantitative estimate of drug-likeness (QED) is 0.536. The summed E-state index contributed by atoms with van der Waals surface area (Å²) in [6, 6.07) is 0. The fourth-order valence-corrected chi connectivity index (χ4v) is 0. The van der Waals surface area contributed by atoms with Crippen LogP contribution in [-0.4, -0.2) is 21.1 Å². The molecule has 0 saturated carbocycles. The molecule has 40 valence electrons. The van der Waals surface area contributed by atoms with Gasteiger partial charge in [-0.05, 0) is 0 Å². The zero-order chi connectivity index (χ0) is 6.28. The standard InChI is InChI=1S/Mo.5O.Sn. The summed E-state index contributed by atoms with van der Waals surface area (Å²) >= 11 is -6.38. The van der Waals surface area contributed by atoms with Crippen LogP contribution in [0, 0.1) is 0 Å². The van der Waals surface area contributed by atoms with Crippen LogP contribution in [0.25, 0.3) is 0 Å². The second-order valence-corrected chi connectivity index (χ2v) is 1.77. The first-order chi connectivity index (χ1) is 3.15. The second-order valence-electron chi connectivity index (χ2n) is 0.287. The Bertz CT molecular complexity index is 135. The molecule has 0 radical (unpaired) electrons. The zero-order valence-electron chi connectivity index (χ0n) is 2.95. The molecule has 0 spiro atoms. The Morgan fingerprint density at radius 1 is 1.00 bits per heavy atom. The molecular weight excluding hydrogens is 295 g/mol. The fraction of sp³-hybridized carbons (Fsp3) is 0. The first-order valence-corrected chi connectivity index (χ1v) is 5.70. The zero-order valence-corrected chi connectivity index (χ0v) is 7.81. The normalized spacial score (nSPS) is 4.57. The third-order valence-corrected chi connectivity index (χ3v) is 0. The molecule has 0 bridgehead atoms. The molecule has 0 aromatic heterocycles. The predicted octanol–water partition coefficient (Wildman–Crippen LogP) is -0.977. The van der Waals surface area contributed by atoms with E-state index < -0.39 is 38.3 Å². The fourth-order valence-electron chi connectivity index (χ4n) is 0. The van der Waals surface area contributed by atoms with Gasteiger partial charge in [0.2, 0.25) is 0 Å². The maximum absolute atomic E-state index is 8.59. The number of hydrogen-bond acceptors (Lipinski definition) is 5. The molecule has 7 heteroatoms. The van der Waals surface area contributed by atoms with Gasteiger partial charge >= 0.3 is 54.7 Å². The Morgan fingerprint density at radius 2 is 1.00 bits per heavy atom. The van der Waals surface area contributed by atoms with E-state index in [1.54, 1.807) is 0 Å². The van der Waals surface area contributed by atoms with Gasteiger partial charge in [-0.1, -0.05) is 0 Å². The van der Waals surface area contributed by atoms with Gasteiger partial charge in [0.05, 0.1) is 0 Å². The van der Waals surface area contributed by atoms with Crippen molar-refractivity contribution in [3.05, 3.63) is 0 Å². The van der Waals surface area contributed by atoms with E-state index in [1.165, 1.54) is 0 Å². The van der Waals surface area contributed by atoms with Crippen molar-refractivity contribution in [1.29, 1.82) is 0 Å². The van der Waals surface area contributed by atoms with E-state index in [4.69, 9.17) is 16.3 Å². The Kier molecular flexibility index (Phi) is 14.5. The molecule has 0 amide bonds. The third-order valence-electron chi connectivity index (χ3n) is 0. The topological polar surface area (TPSA) is 85.3 Å². The summed E-state index contributed by atoms with van der Waals surface area (Å²) in [4.78, 5) is 0. The number of rotatable bonds is 0. The average molecular weight is 295 g/mol. The van der Waals surface area contributed by atoms with Crippen LogP contribution >= 0.6 is 0 Å². The van der Waals surface area contributed by atoms with Gasteiger partial charge < -0.3 is 0 Å². The van der Waals surface area contributed by atoms with Gasteiger partial charge in [-0.3, -0.25) is 0 Å². The Balaban J connectivity index is 0. The van der Waals surface area contributed by atoms with E-state index in [-0.39, 0.29) is 0 Å². The van der Waals surface area contributed by atoms with Gasteiger partial charge in [-0.2, -0.15) is 0 Å². The van der Waals surface area contributed by atoms with Crippen LogP contribution in [0.3, 0.4) is 0 Å². The second kappa shape index (κ2) is 9.70. The van der Waals surface area contributed by atoms with Crippen LogP contribution in [0.15, 0.2) is 0 Å². The van der Waals surface area contributed by atoms with Crippen LogP contribution in [0.1, 0.15) is 0 Å². The van der Waals surface area contributed by atoms with Crippen molar-refractivity contribution < 1.29 is 33.5 Å². The van der Waals surface area contributed by atoms with Crippen LogP contribution in [-0.2, 0) is 33.5 Å². The van der Waals surface area contributed by atoms with Gasteiger partial charge in [0, 0.05) is 0 Å². The van der Waals surface area contributed by atoms with Gasteiger partial charge in [-0.15, -0.1) is 0 Å². The summed E-state index contributed by atoms with van der Waals surface area (Å²) in [6.07, 6.45) is 0. The minimum atomic E-state index is -4.11. The van der Waals surface area contributed by atoms with Crippen LogP contribution in [0.2, 0.25) is 0 Å². The van der Waals surface area contributed by atoms with Crippen LogP contribution in [0.4, 0.5) is 0 Å². The molecule has 0 fully saturated rings. The van der Waals surface area contributed by atoms with Crippen molar-refractivity contribution >= 4 is 21.1 Å². The van der Waals surface area contributed by atoms with Gasteiger partial charge in [0.15, 0.2) is 0 Å². The molecule has 0 unspecified atom stereocenters. The van der Waals surface area contributed by atoms with Crippen molar-refractivity contribution in [1.82, 2.24) is 0 Å². The maximum atomic E-state index is 8.59. The van der Waals surface area contributed by atoms with E-state index in [0.29, 0.717) is 0 Å². The van der Waals surface area contributed by atoms with Crippen LogP contribution < -0.4 is 0 Å². The summed E-state index contributed by atoms with van der Waals surface area (Å²) in [6.45, 7) is 0. The molecule has 5 nitrogen and oxygen atoms in total. The molecule has 0 heterocycles. The summed E-state index contributed by atoms with van der Waals surface area (Å²) in [5.41, 5.74) is 0. The molecule has 0 aromatic carbocycles. The molecular formula is MoO5Sn. The average Bonchev–Trinajstić information content (AvgIpc) is 1.33. The van der Waals surface area contributed by atoms with Crippen molar-refractivity contribution in [3.63, 3.8) is 0 Å². The number of hydrogen-bond donors (Lipinski definition) is 0. The monoisotopic (exact) mass is 298 g/mol. The van der Waals surface area contributed by atoms with Crippen molar-refractivity contribution in [3.8, 4) is 0 Å². The minimum absolute atomic E-state index is 2.27. The van der Waals surface area contributed by atoms with E-state index in [9.17, 15) is 0 Å². The molecule has 0 aliphatic rings.